The number of hydrogen-bond donors (Lipinski definition) is 1. The summed E-state index contributed by atoms with van der Waals surface area (Å²) in [6, 6.07) is 14.5. The first-order valence-corrected chi connectivity index (χ1v) is 14.8. The Balaban J connectivity index is 1.54. The standard InChI is InChI=1S/C29H32N4O6S/c1-18-27-23(29(34)30-13-11-19-5-8-22(37-2)9-6-19)16-24(20-7-10-25(38-3)26(15-20)39-4)31-28(27)33(32-18)21-12-14-40(35,36)17-21/h5-10,15-16,21H,11-14,17H2,1-4H3,(H,30,34). The van der Waals surface area contributed by atoms with Gasteiger partial charge in [-0.25, -0.2) is 18.1 Å². The van der Waals surface area contributed by atoms with E-state index in [0.29, 0.717) is 58.9 Å². The van der Waals surface area contributed by atoms with E-state index in [9.17, 15) is 13.2 Å². The molecule has 4 aromatic rings. The molecule has 1 aliphatic heterocycles. The van der Waals surface area contributed by atoms with Crippen LogP contribution in [0.25, 0.3) is 22.3 Å². The number of benzene rings is 2. The van der Waals surface area contributed by atoms with Crippen LogP contribution in [0.1, 0.15) is 34.1 Å². The second-order valence-electron chi connectivity index (χ2n) is 9.76. The minimum atomic E-state index is -3.16. The van der Waals surface area contributed by atoms with Crippen molar-refractivity contribution in [2.45, 2.75) is 25.8 Å². The molecule has 1 atom stereocenters. The number of carbonyl (C=O) groups is 1. The van der Waals surface area contributed by atoms with E-state index >= 15 is 0 Å². The van der Waals surface area contributed by atoms with Gasteiger partial charge in [0.25, 0.3) is 5.91 Å². The number of pyridine rings is 1. The molecule has 1 aliphatic rings. The highest BCUT2D eigenvalue weighted by Gasteiger charge is 2.32. The third-order valence-electron chi connectivity index (χ3n) is 7.17. The molecule has 3 heterocycles. The normalized spacial score (nSPS) is 16.1. The molecular formula is C29H32N4O6S. The summed E-state index contributed by atoms with van der Waals surface area (Å²) in [6.45, 7) is 2.24. The van der Waals surface area contributed by atoms with Crippen molar-refractivity contribution in [3.63, 3.8) is 0 Å². The third kappa shape index (κ3) is 5.46. The molecule has 1 N–H and O–H groups in total. The lowest BCUT2D eigenvalue weighted by molar-refractivity contribution is 0.0955. The summed E-state index contributed by atoms with van der Waals surface area (Å²) in [5.41, 5.74) is 3.85. The smallest absolute Gasteiger partial charge is 0.252 e. The number of aryl methyl sites for hydroxylation is 1. The van der Waals surface area contributed by atoms with Crippen LogP contribution in [0.4, 0.5) is 0 Å². The largest absolute Gasteiger partial charge is 0.497 e. The van der Waals surface area contributed by atoms with Crippen LogP contribution < -0.4 is 19.5 Å². The number of sulfone groups is 1. The predicted octanol–water partition coefficient (Wildman–Crippen LogP) is 3.76. The zero-order chi connectivity index (χ0) is 28.4. The van der Waals surface area contributed by atoms with Gasteiger partial charge in [0.1, 0.15) is 5.75 Å². The lowest BCUT2D eigenvalue weighted by atomic mass is 10.0. The molecule has 2 aromatic carbocycles. The van der Waals surface area contributed by atoms with Gasteiger partial charge in [0.15, 0.2) is 27.0 Å². The van der Waals surface area contributed by atoms with Crippen molar-refractivity contribution in [1.29, 1.82) is 0 Å². The van der Waals surface area contributed by atoms with Gasteiger partial charge in [-0.2, -0.15) is 5.10 Å². The number of nitrogens with zero attached hydrogens (tertiary/aromatic N) is 3. The molecule has 0 radical (unpaired) electrons. The van der Waals surface area contributed by atoms with E-state index in [1.807, 2.05) is 37.3 Å². The molecule has 2 aromatic heterocycles. The minimum absolute atomic E-state index is 0.00508. The van der Waals surface area contributed by atoms with E-state index in [4.69, 9.17) is 19.2 Å². The molecule has 1 saturated heterocycles. The first-order valence-electron chi connectivity index (χ1n) is 13.0. The van der Waals surface area contributed by atoms with Crippen LogP contribution in [-0.2, 0) is 16.3 Å². The summed E-state index contributed by atoms with van der Waals surface area (Å²) in [6.07, 6.45) is 1.09. The summed E-state index contributed by atoms with van der Waals surface area (Å²) < 4.78 is 42.3. The van der Waals surface area contributed by atoms with Crippen LogP contribution in [-0.4, -0.2) is 68.5 Å². The Morgan fingerprint density at radius 2 is 1.77 bits per heavy atom. The average Bonchev–Trinajstić information content (AvgIpc) is 3.50. The number of carbonyl (C=O) groups excluding carboxylic acids is 1. The van der Waals surface area contributed by atoms with Crippen molar-refractivity contribution in [1.82, 2.24) is 20.1 Å². The number of hydrogen-bond acceptors (Lipinski definition) is 8. The lowest BCUT2D eigenvalue weighted by Crippen LogP contribution is -2.26. The van der Waals surface area contributed by atoms with Gasteiger partial charge in [-0.05, 0) is 61.7 Å². The van der Waals surface area contributed by atoms with Gasteiger partial charge in [0, 0.05) is 12.1 Å². The number of amides is 1. The van der Waals surface area contributed by atoms with E-state index in [0.717, 1.165) is 16.9 Å². The highest BCUT2D eigenvalue weighted by Crippen LogP contribution is 2.35. The first kappa shape index (κ1) is 27.4. The summed E-state index contributed by atoms with van der Waals surface area (Å²) in [7, 11) is 1.58. The predicted molar refractivity (Wildman–Crippen MR) is 152 cm³/mol. The van der Waals surface area contributed by atoms with Crippen LogP contribution in [0, 0.1) is 6.92 Å². The number of fused-ring (bicyclic) bond motifs is 1. The molecule has 210 valence electrons. The molecule has 0 saturated carbocycles. The fourth-order valence-corrected chi connectivity index (χ4v) is 6.76. The maximum absolute atomic E-state index is 13.6. The van der Waals surface area contributed by atoms with Crippen LogP contribution >= 0.6 is 0 Å². The maximum atomic E-state index is 13.6. The van der Waals surface area contributed by atoms with Crippen LogP contribution in [0.2, 0.25) is 0 Å². The average molecular weight is 565 g/mol. The van der Waals surface area contributed by atoms with E-state index in [1.165, 1.54) is 0 Å². The summed E-state index contributed by atoms with van der Waals surface area (Å²) in [4.78, 5) is 18.5. The molecule has 5 rings (SSSR count). The van der Waals surface area contributed by atoms with Crippen molar-refractivity contribution in [2.24, 2.45) is 0 Å². The van der Waals surface area contributed by atoms with Gasteiger partial charge >= 0.3 is 0 Å². The minimum Gasteiger partial charge on any atom is -0.497 e. The van der Waals surface area contributed by atoms with Crippen molar-refractivity contribution in [3.8, 4) is 28.5 Å². The Hall–Kier alpha value is -4.12. The molecule has 11 heteroatoms. The van der Waals surface area contributed by atoms with Crippen LogP contribution in [0.15, 0.2) is 48.5 Å². The highest BCUT2D eigenvalue weighted by atomic mass is 32.2. The molecular weight excluding hydrogens is 532 g/mol. The van der Waals surface area contributed by atoms with E-state index in [-0.39, 0.29) is 23.5 Å². The van der Waals surface area contributed by atoms with E-state index in [2.05, 4.69) is 10.4 Å². The fraction of sp³-hybridized carbons (Fsp3) is 0.345. The van der Waals surface area contributed by atoms with E-state index in [1.54, 1.807) is 44.2 Å². The third-order valence-corrected chi connectivity index (χ3v) is 8.92. The topological polar surface area (TPSA) is 122 Å². The Morgan fingerprint density at radius 3 is 2.42 bits per heavy atom. The molecule has 0 spiro atoms. The van der Waals surface area contributed by atoms with Crippen LogP contribution in [0.3, 0.4) is 0 Å². The Bertz CT molecular complexity index is 1660. The second kappa shape index (κ2) is 11.2. The summed E-state index contributed by atoms with van der Waals surface area (Å²) in [5, 5.41) is 8.31. The van der Waals surface area contributed by atoms with Crippen LogP contribution in [0.5, 0.6) is 17.2 Å². The Morgan fingerprint density at radius 1 is 1.02 bits per heavy atom. The quantitative estimate of drug-likeness (QED) is 0.326. The molecule has 10 nitrogen and oxygen atoms in total. The van der Waals surface area contributed by atoms with Gasteiger partial charge in [0.2, 0.25) is 0 Å². The van der Waals surface area contributed by atoms with Crippen molar-refractivity contribution in [2.75, 3.05) is 39.4 Å². The molecule has 0 aliphatic carbocycles. The zero-order valence-electron chi connectivity index (χ0n) is 22.9. The van der Waals surface area contributed by atoms with Gasteiger partial charge in [0.05, 0.1) is 61.2 Å². The van der Waals surface area contributed by atoms with Gasteiger partial charge in [-0.3, -0.25) is 4.79 Å². The Kier molecular flexibility index (Phi) is 7.66. The van der Waals surface area contributed by atoms with Crippen molar-refractivity contribution >= 4 is 26.8 Å². The second-order valence-corrected chi connectivity index (χ2v) is 12.0. The molecule has 0 bridgehead atoms. The van der Waals surface area contributed by atoms with Gasteiger partial charge in [-0.1, -0.05) is 12.1 Å². The number of aromatic nitrogens is 3. The van der Waals surface area contributed by atoms with Crippen molar-refractivity contribution in [3.05, 3.63) is 65.4 Å². The molecule has 1 fully saturated rings. The van der Waals surface area contributed by atoms with Crippen molar-refractivity contribution < 1.29 is 27.4 Å². The first-order chi connectivity index (χ1) is 19.2. The summed E-state index contributed by atoms with van der Waals surface area (Å²) >= 11 is 0. The molecule has 1 amide bonds. The highest BCUT2D eigenvalue weighted by molar-refractivity contribution is 7.91. The van der Waals surface area contributed by atoms with Gasteiger partial charge < -0.3 is 19.5 Å². The number of nitrogens with one attached hydrogen (secondary N) is 1. The number of rotatable bonds is 9. The Labute approximate surface area is 233 Å². The maximum Gasteiger partial charge on any atom is 0.252 e. The van der Waals surface area contributed by atoms with Gasteiger partial charge in [-0.15, -0.1) is 0 Å². The lowest BCUT2D eigenvalue weighted by Gasteiger charge is -2.14. The monoisotopic (exact) mass is 564 g/mol. The fourth-order valence-electron chi connectivity index (χ4n) is 5.07. The number of methoxy groups -OCH3 is 3. The molecule has 1 unspecified atom stereocenters. The zero-order valence-corrected chi connectivity index (χ0v) is 23.7. The SMILES string of the molecule is COc1ccc(CCNC(=O)c2cc(-c3ccc(OC)c(OC)c3)nc3c2c(C)nn3C2CCS(=O)(=O)C2)cc1. The summed E-state index contributed by atoms with van der Waals surface area (Å²) in [5.74, 6) is 1.71. The molecule has 40 heavy (non-hydrogen) atoms. The van der Waals surface area contributed by atoms with E-state index < -0.39 is 9.84 Å². The number of ether oxygens (including phenoxy) is 3.